The van der Waals surface area contributed by atoms with Gasteiger partial charge in [-0.1, -0.05) is 48.5 Å². The highest BCUT2D eigenvalue weighted by molar-refractivity contribution is 8.00. The summed E-state index contributed by atoms with van der Waals surface area (Å²) in [6, 6.07) is 10.7. The van der Waals surface area contributed by atoms with Crippen LogP contribution >= 0.6 is 11.8 Å². The lowest BCUT2D eigenvalue weighted by Gasteiger charge is -2.33. The number of aryl methyl sites for hydroxylation is 1. The second-order valence-corrected chi connectivity index (χ2v) is 9.39. The third-order valence-corrected chi connectivity index (χ3v) is 7.07. The molecular weight excluding hydrogens is 368 g/mol. The quantitative estimate of drug-likeness (QED) is 0.715. The van der Waals surface area contributed by atoms with Crippen molar-refractivity contribution in [2.45, 2.75) is 68.8 Å². The molecular formula is C22H30N4OS. The Morgan fingerprint density at radius 2 is 1.89 bits per heavy atom. The Morgan fingerprint density at radius 1 is 1.11 bits per heavy atom. The number of hydrogen-bond acceptors (Lipinski definition) is 4. The molecule has 0 radical (unpaired) electrons. The number of benzene rings is 1. The minimum Gasteiger partial charge on any atom is -0.342 e. The van der Waals surface area contributed by atoms with Crippen LogP contribution in [0.2, 0.25) is 0 Å². The maximum absolute atomic E-state index is 13.0. The van der Waals surface area contributed by atoms with Crippen LogP contribution in [-0.4, -0.2) is 43.9 Å². The smallest absolute Gasteiger partial charge is 0.235 e. The van der Waals surface area contributed by atoms with Crippen LogP contribution in [0.4, 0.5) is 0 Å². The van der Waals surface area contributed by atoms with Crippen LogP contribution in [0.3, 0.4) is 0 Å². The van der Waals surface area contributed by atoms with Gasteiger partial charge in [0.15, 0.2) is 5.16 Å². The summed E-state index contributed by atoms with van der Waals surface area (Å²) < 4.78 is 2.23. The average Bonchev–Trinajstić information content (AvgIpc) is 2.95. The van der Waals surface area contributed by atoms with Crippen LogP contribution in [0.15, 0.2) is 35.5 Å². The zero-order valence-electron chi connectivity index (χ0n) is 16.7. The van der Waals surface area contributed by atoms with Gasteiger partial charge in [-0.2, -0.15) is 0 Å². The fraction of sp³-hybridized carbons (Fsp3) is 0.591. The summed E-state index contributed by atoms with van der Waals surface area (Å²) in [6.07, 6.45) is 7.94. The van der Waals surface area contributed by atoms with Gasteiger partial charge < -0.3 is 9.47 Å². The van der Waals surface area contributed by atoms with Crippen molar-refractivity contribution in [3.05, 3.63) is 41.7 Å². The Bertz CT molecular complexity index is 783. The van der Waals surface area contributed by atoms with Crippen LogP contribution in [0, 0.1) is 5.92 Å². The van der Waals surface area contributed by atoms with E-state index in [0.717, 1.165) is 56.3 Å². The van der Waals surface area contributed by atoms with E-state index in [4.69, 9.17) is 0 Å². The molecule has 1 fully saturated rings. The highest BCUT2D eigenvalue weighted by Gasteiger charge is 2.28. The van der Waals surface area contributed by atoms with Crippen LogP contribution < -0.4 is 0 Å². The number of fused-ring (bicyclic) bond motifs is 1. The summed E-state index contributed by atoms with van der Waals surface area (Å²) >= 11 is 1.58. The number of amides is 1. The van der Waals surface area contributed by atoms with Gasteiger partial charge in [0, 0.05) is 26.1 Å². The van der Waals surface area contributed by atoms with Gasteiger partial charge in [-0.15, -0.1) is 10.2 Å². The normalized spacial score (nSPS) is 19.1. The molecule has 2 aliphatic rings. The number of likely N-dealkylation sites (tertiary alicyclic amines) is 1. The molecule has 3 heterocycles. The molecule has 0 spiro atoms. The number of rotatable bonds is 5. The van der Waals surface area contributed by atoms with Gasteiger partial charge in [0.25, 0.3) is 0 Å². The molecule has 6 heteroatoms. The van der Waals surface area contributed by atoms with Crippen molar-refractivity contribution in [1.29, 1.82) is 0 Å². The molecule has 28 heavy (non-hydrogen) atoms. The molecule has 1 atom stereocenters. The molecule has 2 aromatic rings. The van der Waals surface area contributed by atoms with Crippen LogP contribution in [0.5, 0.6) is 0 Å². The maximum Gasteiger partial charge on any atom is 0.235 e. The van der Waals surface area contributed by atoms with E-state index in [1.165, 1.54) is 24.8 Å². The van der Waals surface area contributed by atoms with Crippen molar-refractivity contribution < 1.29 is 4.79 Å². The molecule has 0 bridgehead atoms. The van der Waals surface area contributed by atoms with Crippen molar-refractivity contribution in [3.8, 4) is 0 Å². The SMILES string of the molecule is CC(Sc1nnc2n1CCCCC2)C(=O)N1CCC(Cc2ccccc2)CC1. The summed E-state index contributed by atoms with van der Waals surface area (Å²) in [7, 11) is 0. The molecule has 1 amide bonds. The number of nitrogens with zero attached hydrogens (tertiary/aromatic N) is 4. The van der Waals surface area contributed by atoms with E-state index < -0.39 is 0 Å². The van der Waals surface area contributed by atoms with E-state index >= 15 is 0 Å². The van der Waals surface area contributed by atoms with Gasteiger partial charge in [-0.25, -0.2) is 0 Å². The van der Waals surface area contributed by atoms with Gasteiger partial charge in [-0.3, -0.25) is 4.79 Å². The standard InChI is InChI=1S/C22H30N4OS/c1-17(28-22-24-23-20-10-6-3-7-13-26(20)22)21(27)25-14-11-19(12-15-25)16-18-8-4-2-5-9-18/h2,4-5,8-9,17,19H,3,6-7,10-16H2,1H3. The number of carbonyl (C=O) groups excluding carboxylic acids is 1. The van der Waals surface area contributed by atoms with Crippen molar-refractivity contribution in [2.24, 2.45) is 5.92 Å². The zero-order valence-corrected chi connectivity index (χ0v) is 17.5. The van der Waals surface area contributed by atoms with E-state index in [1.807, 2.05) is 6.92 Å². The molecule has 5 nitrogen and oxygen atoms in total. The van der Waals surface area contributed by atoms with Crippen molar-refractivity contribution in [1.82, 2.24) is 19.7 Å². The first-order valence-corrected chi connectivity index (χ1v) is 11.5. The van der Waals surface area contributed by atoms with Crippen molar-refractivity contribution in [2.75, 3.05) is 13.1 Å². The minimum absolute atomic E-state index is 0.109. The Morgan fingerprint density at radius 3 is 2.68 bits per heavy atom. The van der Waals surface area contributed by atoms with Gasteiger partial charge in [0.1, 0.15) is 5.82 Å². The van der Waals surface area contributed by atoms with E-state index in [-0.39, 0.29) is 11.2 Å². The fourth-order valence-corrected chi connectivity index (χ4v) is 5.29. The summed E-state index contributed by atoms with van der Waals surface area (Å²) in [5.41, 5.74) is 1.41. The third kappa shape index (κ3) is 4.59. The van der Waals surface area contributed by atoms with Crippen LogP contribution in [0.25, 0.3) is 0 Å². The van der Waals surface area contributed by atoms with Crippen LogP contribution in [-0.2, 0) is 24.2 Å². The Kier molecular flexibility index (Phi) is 6.35. The van der Waals surface area contributed by atoms with Crippen LogP contribution in [0.1, 0.15) is 50.4 Å². The predicted octanol–water partition coefficient (Wildman–Crippen LogP) is 3.97. The zero-order chi connectivity index (χ0) is 19.3. The lowest BCUT2D eigenvalue weighted by molar-refractivity contribution is -0.131. The second-order valence-electron chi connectivity index (χ2n) is 8.08. The van der Waals surface area contributed by atoms with Gasteiger partial charge >= 0.3 is 0 Å². The highest BCUT2D eigenvalue weighted by atomic mass is 32.2. The molecule has 1 unspecified atom stereocenters. The van der Waals surface area contributed by atoms with Crippen molar-refractivity contribution >= 4 is 17.7 Å². The Balaban J connectivity index is 1.30. The molecule has 150 valence electrons. The molecule has 1 aromatic heterocycles. The van der Waals surface area contributed by atoms with Gasteiger partial charge in [0.05, 0.1) is 5.25 Å². The monoisotopic (exact) mass is 398 g/mol. The second kappa shape index (κ2) is 9.12. The summed E-state index contributed by atoms with van der Waals surface area (Å²) in [4.78, 5) is 15.0. The molecule has 1 aromatic carbocycles. The van der Waals surface area contributed by atoms with Crippen molar-refractivity contribution in [3.63, 3.8) is 0 Å². The molecule has 0 N–H and O–H groups in total. The number of piperidine rings is 1. The lowest BCUT2D eigenvalue weighted by atomic mass is 9.90. The number of thioether (sulfide) groups is 1. The Hall–Kier alpha value is -1.82. The van der Waals surface area contributed by atoms with Gasteiger partial charge in [0.2, 0.25) is 5.91 Å². The molecule has 0 saturated carbocycles. The third-order valence-electron chi connectivity index (χ3n) is 6.00. The molecule has 4 rings (SSSR count). The lowest BCUT2D eigenvalue weighted by Crippen LogP contribution is -2.42. The first kappa shape index (κ1) is 19.5. The predicted molar refractivity (Wildman–Crippen MR) is 112 cm³/mol. The van der Waals surface area contributed by atoms with E-state index in [1.54, 1.807) is 11.8 Å². The molecule has 1 saturated heterocycles. The number of carbonyl (C=O) groups is 1. The highest BCUT2D eigenvalue weighted by Crippen LogP contribution is 2.28. The molecule has 0 aliphatic carbocycles. The van der Waals surface area contributed by atoms with E-state index in [0.29, 0.717) is 5.92 Å². The largest absolute Gasteiger partial charge is 0.342 e. The number of hydrogen-bond donors (Lipinski definition) is 0. The first-order chi connectivity index (χ1) is 13.7. The van der Waals surface area contributed by atoms with E-state index in [2.05, 4.69) is 50.0 Å². The topological polar surface area (TPSA) is 51.0 Å². The maximum atomic E-state index is 13.0. The number of aromatic nitrogens is 3. The summed E-state index contributed by atoms with van der Waals surface area (Å²) in [5, 5.41) is 9.53. The average molecular weight is 399 g/mol. The Labute approximate surface area is 171 Å². The minimum atomic E-state index is -0.109. The summed E-state index contributed by atoms with van der Waals surface area (Å²) in [5.74, 6) is 2.01. The van der Waals surface area contributed by atoms with Gasteiger partial charge in [-0.05, 0) is 50.5 Å². The first-order valence-electron chi connectivity index (χ1n) is 10.6. The van der Waals surface area contributed by atoms with E-state index in [9.17, 15) is 4.79 Å². The fourth-order valence-electron chi connectivity index (χ4n) is 4.32. The molecule has 2 aliphatic heterocycles. The summed E-state index contributed by atoms with van der Waals surface area (Å²) in [6.45, 7) is 4.75.